The molecule has 0 saturated carbocycles. The molecule has 2 amide bonds. The number of aliphatic hydroxyl groups excluding tert-OH is 1. The van der Waals surface area contributed by atoms with Crippen LogP contribution >= 0.6 is 23.2 Å². The van der Waals surface area contributed by atoms with Crippen LogP contribution in [0.3, 0.4) is 0 Å². The molecule has 2 aliphatic heterocycles. The number of anilines is 1. The van der Waals surface area contributed by atoms with Crippen molar-refractivity contribution < 1.29 is 14.7 Å². The Kier molecular flexibility index (Phi) is 7.01. The summed E-state index contributed by atoms with van der Waals surface area (Å²) in [4.78, 5) is 28.8. The van der Waals surface area contributed by atoms with Crippen molar-refractivity contribution in [3.8, 4) is 0 Å². The van der Waals surface area contributed by atoms with Gasteiger partial charge in [0.2, 0.25) is 11.8 Å². The average Bonchev–Trinajstić information content (AvgIpc) is 3.28. The Morgan fingerprint density at radius 2 is 2.00 bits per heavy atom. The number of aliphatic hydroxyl groups is 1. The number of hydrogen-bond acceptors (Lipinski definition) is 4. The molecular weight excluding hydrogens is 461 g/mol. The molecule has 6 nitrogen and oxygen atoms in total. The normalized spacial score (nSPS) is 23.0. The maximum absolute atomic E-state index is 13.6. The summed E-state index contributed by atoms with van der Waals surface area (Å²) >= 11 is 12.4. The van der Waals surface area contributed by atoms with E-state index < -0.39 is 17.7 Å². The van der Waals surface area contributed by atoms with Gasteiger partial charge in [0.15, 0.2) is 0 Å². The first kappa shape index (κ1) is 24.0. The number of nitrogens with one attached hydrogen (secondary N) is 2. The lowest BCUT2D eigenvalue weighted by Crippen LogP contribution is -2.58. The molecule has 1 fully saturated rings. The maximum Gasteiger partial charge on any atom is 0.249 e. The van der Waals surface area contributed by atoms with Crippen LogP contribution in [0.5, 0.6) is 0 Å². The molecule has 0 aromatic heterocycles. The molecule has 0 bridgehead atoms. The summed E-state index contributed by atoms with van der Waals surface area (Å²) in [5.41, 5.74) is 1.09. The summed E-state index contributed by atoms with van der Waals surface area (Å²) in [6.07, 6.45) is 0.930. The van der Waals surface area contributed by atoms with E-state index in [1.54, 1.807) is 23.1 Å². The standard InChI is InChI=1S/C25H29Cl2N3O3/c1-15(2)10-22(23(32)30-9-8-19(31)14-30)29-25(13-16-4-3-5-17(26)11-16)20-7-6-18(27)12-21(20)28-24(25)33/h3-7,11-12,15,19,22,29,31H,8-10,13-14H2,1-2H3,(H,28,33). The molecular formula is C25H29Cl2N3O3. The molecule has 2 aromatic carbocycles. The number of halogens is 2. The van der Waals surface area contributed by atoms with E-state index in [4.69, 9.17) is 23.2 Å². The maximum atomic E-state index is 13.6. The number of nitrogens with zero attached hydrogens (tertiary/aromatic N) is 1. The molecule has 3 unspecified atom stereocenters. The SMILES string of the molecule is CC(C)CC(NC1(Cc2cccc(Cl)c2)C(=O)Nc2cc(Cl)ccc21)C(=O)N1CCC(O)C1. The summed E-state index contributed by atoms with van der Waals surface area (Å²) in [6.45, 7) is 4.92. The minimum absolute atomic E-state index is 0.0964. The summed E-state index contributed by atoms with van der Waals surface area (Å²) in [5, 5.41) is 17.5. The van der Waals surface area contributed by atoms with Crippen LogP contribution in [0.15, 0.2) is 42.5 Å². The van der Waals surface area contributed by atoms with E-state index in [0.29, 0.717) is 48.1 Å². The molecule has 0 radical (unpaired) electrons. The largest absolute Gasteiger partial charge is 0.391 e. The minimum Gasteiger partial charge on any atom is -0.391 e. The zero-order chi connectivity index (χ0) is 23.8. The zero-order valence-electron chi connectivity index (χ0n) is 18.8. The number of rotatable bonds is 7. The lowest BCUT2D eigenvalue weighted by Gasteiger charge is -2.35. The Morgan fingerprint density at radius 3 is 2.67 bits per heavy atom. The molecule has 0 aliphatic carbocycles. The lowest BCUT2D eigenvalue weighted by molar-refractivity contribution is -0.134. The Balaban J connectivity index is 1.75. The third-order valence-electron chi connectivity index (χ3n) is 6.34. The van der Waals surface area contributed by atoms with Crippen molar-refractivity contribution in [3.63, 3.8) is 0 Å². The summed E-state index contributed by atoms with van der Waals surface area (Å²) in [5.74, 6) is -0.111. The van der Waals surface area contributed by atoms with E-state index in [2.05, 4.69) is 10.6 Å². The molecule has 2 heterocycles. The number of hydrogen-bond donors (Lipinski definition) is 3. The number of β-amino-alcohol motifs (C(OH)–C–C–N with tert-alkyl or cyclic N) is 1. The third kappa shape index (κ3) is 5.04. The first-order valence-corrected chi connectivity index (χ1v) is 12.0. The Morgan fingerprint density at radius 1 is 1.24 bits per heavy atom. The van der Waals surface area contributed by atoms with E-state index in [0.717, 1.165) is 11.1 Å². The highest BCUT2D eigenvalue weighted by molar-refractivity contribution is 6.31. The van der Waals surface area contributed by atoms with E-state index >= 15 is 0 Å². The van der Waals surface area contributed by atoms with Gasteiger partial charge in [0.25, 0.3) is 0 Å². The van der Waals surface area contributed by atoms with Crippen molar-refractivity contribution in [1.29, 1.82) is 0 Å². The molecule has 176 valence electrons. The summed E-state index contributed by atoms with van der Waals surface area (Å²) in [7, 11) is 0. The molecule has 2 aliphatic rings. The van der Waals surface area contributed by atoms with Crippen LogP contribution < -0.4 is 10.6 Å². The molecule has 2 aromatic rings. The number of fused-ring (bicyclic) bond motifs is 1. The van der Waals surface area contributed by atoms with Gasteiger partial charge in [-0.2, -0.15) is 0 Å². The van der Waals surface area contributed by atoms with Crippen molar-refractivity contribution in [2.75, 3.05) is 18.4 Å². The first-order chi connectivity index (χ1) is 15.7. The summed E-state index contributed by atoms with van der Waals surface area (Å²) in [6, 6.07) is 12.1. The smallest absolute Gasteiger partial charge is 0.249 e. The van der Waals surface area contributed by atoms with Crippen LogP contribution in [0.25, 0.3) is 0 Å². The van der Waals surface area contributed by atoms with Crippen LogP contribution in [-0.4, -0.2) is 47.1 Å². The van der Waals surface area contributed by atoms with Crippen molar-refractivity contribution in [3.05, 3.63) is 63.6 Å². The highest BCUT2D eigenvalue weighted by atomic mass is 35.5. The minimum atomic E-state index is -1.17. The number of benzene rings is 2. The van der Waals surface area contributed by atoms with E-state index in [-0.39, 0.29) is 17.7 Å². The van der Waals surface area contributed by atoms with E-state index in [1.807, 2.05) is 38.1 Å². The van der Waals surface area contributed by atoms with Crippen LogP contribution in [0.4, 0.5) is 5.69 Å². The Bertz CT molecular complexity index is 1060. The van der Waals surface area contributed by atoms with Crippen LogP contribution in [0.2, 0.25) is 10.0 Å². The van der Waals surface area contributed by atoms with E-state index in [9.17, 15) is 14.7 Å². The summed E-state index contributed by atoms with van der Waals surface area (Å²) < 4.78 is 0. The quantitative estimate of drug-likeness (QED) is 0.549. The van der Waals surface area contributed by atoms with Crippen molar-refractivity contribution >= 4 is 40.7 Å². The number of likely N-dealkylation sites (tertiary alicyclic amines) is 1. The van der Waals surface area contributed by atoms with Crippen molar-refractivity contribution in [2.45, 2.75) is 50.8 Å². The molecule has 4 rings (SSSR count). The monoisotopic (exact) mass is 489 g/mol. The van der Waals surface area contributed by atoms with Gasteiger partial charge in [-0.25, -0.2) is 0 Å². The fraction of sp³-hybridized carbons (Fsp3) is 0.440. The molecule has 3 N–H and O–H groups in total. The molecule has 3 atom stereocenters. The Hall–Kier alpha value is -2.12. The van der Waals surface area contributed by atoms with Gasteiger partial charge < -0.3 is 15.3 Å². The number of amides is 2. The van der Waals surface area contributed by atoms with Gasteiger partial charge in [-0.05, 0) is 48.6 Å². The second kappa shape index (κ2) is 9.63. The van der Waals surface area contributed by atoms with Gasteiger partial charge in [0, 0.05) is 40.8 Å². The van der Waals surface area contributed by atoms with Crippen molar-refractivity contribution in [1.82, 2.24) is 10.2 Å². The van der Waals surface area contributed by atoms with Gasteiger partial charge in [0.1, 0.15) is 5.54 Å². The zero-order valence-corrected chi connectivity index (χ0v) is 20.3. The molecule has 1 saturated heterocycles. The number of carbonyl (C=O) groups is 2. The van der Waals surface area contributed by atoms with Gasteiger partial charge in [-0.3, -0.25) is 14.9 Å². The van der Waals surface area contributed by atoms with Gasteiger partial charge in [-0.15, -0.1) is 0 Å². The third-order valence-corrected chi connectivity index (χ3v) is 6.81. The topological polar surface area (TPSA) is 81.7 Å². The molecule has 0 spiro atoms. The highest BCUT2D eigenvalue weighted by Gasteiger charge is 2.49. The highest BCUT2D eigenvalue weighted by Crippen LogP contribution is 2.41. The predicted molar refractivity (Wildman–Crippen MR) is 130 cm³/mol. The second-order valence-corrected chi connectivity index (χ2v) is 10.3. The average molecular weight is 490 g/mol. The fourth-order valence-corrected chi connectivity index (χ4v) is 5.20. The first-order valence-electron chi connectivity index (χ1n) is 11.3. The lowest BCUT2D eigenvalue weighted by atomic mass is 9.83. The second-order valence-electron chi connectivity index (χ2n) is 9.41. The van der Waals surface area contributed by atoms with Gasteiger partial charge >= 0.3 is 0 Å². The fourth-order valence-electron chi connectivity index (χ4n) is 4.82. The Labute approximate surface area is 204 Å². The van der Waals surface area contributed by atoms with Gasteiger partial charge in [0.05, 0.1) is 12.1 Å². The number of carbonyl (C=O) groups excluding carboxylic acids is 2. The van der Waals surface area contributed by atoms with Gasteiger partial charge in [-0.1, -0.05) is 55.2 Å². The van der Waals surface area contributed by atoms with Crippen LogP contribution in [-0.2, 0) is 21.5 Å². The van der Waals surface area contributed by atoms with Crippen LogP contribution in [0, 0.1) is 5.92 Å². The van der Waals surface area contributed by atoms with Crippen molar-refractivity contribution in [2.24, 2.45) is 5.92 Å². The van der Waals surface area contributed by atoms with E-state index in [1.165, 1.54) is 0 Å². The molecule has 33 heavy (non-hydrogen) atoms. The van der Waals surface area contributed by atoms with Crippen LogP contribution in [0.1, 0.15) is 37.8 Å². The predicted octanol–water partition coefficient (Wildman–Crippen LogP) is 3.98. The molecule has 8 heteroatoms.